The molecule has 4 nitrogen and oxygen atoms in total. The summed E-state index contributed by atoms with van der Waals surface area (Å²) >= 11 is 0. The Balaban J connectivity index is 2.21. The van der Waals surface area contributed by atoms with Crippen LogP contribution in [0.25, 0.3) is 0 Å². The molecule has 0 bridgehead atoms. The molecule has 0 unspecified atom stereocenters. The largest absolute Gasteiger partial charge is 0.444 e. The quantitative estimate of drug-likeness (QED) is 0.914. The van der Waals surface area contributed by atoms with Gasteiger partial charge in [0.25, 0.3) is 0 Å². The molecule has 1 aromatic rings. The van der Waals surface area contributed by atoms with Gasteiger partial charge in [-0.05, 0) is 56.2 Å². The highest BCUT2D eigenvalue weighted by Crippen LogP contribution is 2.49. The second kappa shape index (κ2) is 5.16. The molecule has 0 aromatic heterocycles. The summed E-state index contributed by atoms with van der Waals surface area (Å²) in [4.78, 5) is 11.0. The summed E-state index contributed by atoms with van der Waals surface area (Å²) in [7, 11) is 0. The summed E-state index contributed by atoms with van der Waals surface area (Å²) < 4.78 is 5.22. The number of nitrogens with two attached hydrogens (primary N) is 1. The average Bonchev–Trinajstić information content (AvgIpc) is 2.32. The first kappa shape index (κ1) is 14.4. The van der Waals surface area contributed by atoms with Crippen molar-refractivity contribution in [1.29, 1.82) is 5.26 Å². The van der Waals surface area contributed by atoms with E-state index in [1.54, 1.807) is 0 Å². The van der Waals surface area contributed by atoms with E-state index in [4.69, 9.17) is 15.7 Å². The van der Waals surface area contributed by atoms with Crippen LogP contribution in [0.4, 0.5) is 4.79 Å². The minimum atomic E-state index is -0.732. The van der Waals surface area contributed by atoms with Crippen molar-refractivity contribution in [3.63, 3.8) is 0 Å². The van der Waals surface area contributed by atoms with Crippen molar-refractivity contribution in [3.05, 3.63) is 35.4 Å². The lowest BCUT2D eigenvalue weighted by molar-refractivity contribution is 0.00510. The van der Waals surface area contributed by atoms with Crippen LogP contribution in [-0.4, -0.2) is 11.7 Å². The van der Waals surface area contributed by atoms with Gasteiger partial charge in [-0.1, -0.05) is 18.6 Å². The predicted molar refractivity (Wildman–Crippen MR) is 76.1 cm³/mol. The van der Waals surface area contributed by atoms with E-state index in [9.17, 15) is 4.79 Å². The van der Waals surface area contributed by atoms with E-state index in [0.29, 0.717) is 5.56 Å². The Hall–Kier alpha value is -2.02. The molecule has 0 saturated heterocycles. The first-order valence-corrected chi connectivity index (χ1v) is 6.86. The summed E-state index contributed by atoms with van der Waals surface area (Å²) in [5, 5.41) is 8.87. The molecule has 1 amide bonds. The SMILES string of the molecule is CC(C)(CC1(c2ccc(C#N)cc2)CCC1)OC(N)=O. The standard InChI is InChI=1S/C16H20N2O2/c1-15(2,20-14(18)19)11-16(8-3-9-16)13-6-4-12(10-17)5-7-13/h4-7H,3,8-9,11H2,1-2H3,(H2,18,19). The van der Waals surface area contributed by atoms with Crippen molar-refractivity contribution in [2.45, 2.75) is 50.5 Å². The molecule has 0 heterocycles. The van der Waals surface area contributed by atoms with Crippen molar-refractivity contribution >= 4 is 6.09 Å². The number of carbonyl (C=O) groups is 1. The van der Waals surface area contributed by atoms with Gasteiger partial charge in [-0.3, -0.25) is 0 Å². The van der Waals surface area contributed by atoms with Crippen molar-refractivity contribution in [2.24, 2.45) is 5.73 Å². The van der Waals surface area contributed by atoms with E-state index in [2.05, 4.69) is 6.07 Å². The maximum Gasteiger partial charge on any atom is 0.405 e. The summed E-state index contributed by atoms with van der Waals surface area (Å²) in [6, 6.07) is 9.84. The Morgan fingerprint density at radius 3 is 2.40 bits per heavy atom. The van der Waals surface area contributed by atoms with Crippen LogP contribution >= 0.6 is 0 Å². The zero-order valence-corrected chi connectivity index (χ0v) is 12.0. The van der Waals surface area contributed by atoms with Crippen LogP contribution in [-0.2, 0) is 10.2 Å². The minimum Gasteiger partial charge on any atom is -0.444 e. The summed E-state index contributed by atoms with van der Waals surface area (Å²) in [5.41, 5.74) is 6.46. The second-order valence-corrected chi connectivity index (χ2v) is 6.18. The van der Waals surface area contributed by atoms with Gasteiger partial charge >= 0.3 is 6.09 Å². The van der Waals surface area contributed by atoms with E-state index in [-0.39, 0.29) is 5.41 Å². The van der Waals surface area contributed by atoms with Gasteiger partial charge in [0.1, 0.15) is 5.60 Å². The highest BCUT2D eigenvalue weighted by atomic mass is 16.6. The molecule has 106 valence electrons. The molecule has 2 N–H and O–H groups in total. The topological polar surface area (TPSA) is 76.1 Å². The zero-order chi connectivity index (χ0) is 14.8. The van der Waals surface area contributed by atoms with E-state index in [1.165, 1.54) is 12.0 Å². The molecular formula is C16H20N2O2. The maximum absolute atomic E-state index is 11.0. The first-order valence-electron chi connectivity index (χ1n) is 6.86. The van der Waals surface area contributed by atoms with Gasteiger partial charge in [0, 0.05) is 0 Å². The number of hydrogen-bond acceptors (Lipinski definition) is 3. The lowest BCUT2D eigenvalue weighted by Crippen LogP contribution is -2.44. The Bertz CT molecular complexity index is 537. The fraction of sp³-hybridized carbons (Fsp3) is 0.500. The van der Waals surface area contributed by atoms with Gasteiger partial charge in [-0.25, -0.2) is 4.79 Å². The Labute approximate surface area is 119 Å². The molecular weight excluding hydrogens is 252 g/mol. The van der Waals surface area contributed by atoms with Crippen molar-refractivity contribution in [2.75, 3.05) is 0 Å². The normalized spacial score (nSPS) is 16.9. The van der Waals surface area contributed by atoms with Gasteiger partial charge in [-0.15, -0.1) is 0 Å². The van der Waals surface area contributed by atoms with Gasteiger partial charge in [0.2, 0.25) is 0 Å². The van der Waals surface area contributed by atoms with Gasteiger partial charge in [0.05, 0.1) is 11.6 Å². The first-order chi connectivity index (χ1) is 9.37. The number of amides is 1. The summed E-state index contributed by atoms with van der Waals surface area (Å²) in [6.07, 6.45) is 3.33. The maximum atomic E-state index is 11.0. The number of nitrogens with zero attached hydrogens (tertiary/aromatic N) is 1. The van der Waals surface area contributed by atoms with Crippen LogP contribution in [0.15, 0.2) is 24.3 Å². The summed E-state index contributed by atoms with van der Waals surface area (Å²) in [5.74, 6) is 0. The predicted octanol–water partition coefficient (Wildman–Crippen LogP) is 3.24. The molecule has 2 rings (SSSR count). The van der Waals surface area contributed by atoms with Crippen LogP contribution in [0.3, 0.4) is 0 Å². The highest BCUT2D eigenvalue weighted by molar-refractivity contribution is 5.65. The summed E-state index contributed by atoms with van der Waals surface area (Å²) in [6.45, 7) is 3.78. The molecule has 4 heteroatoms. The lowest BCUT2D eigenvalue weighted by atomic mass is 9.60. The molecule has 20 heavy (non-hydrogen) atoms. The Kier molecular flexibility index (Phi) is 3.71. The van der Waals surface area contributed by atoms with Crippen LogP contribution in [0, 0.1) is 11.3 Å². The monoisotopic (exact) mass is 272 g/mol. The van der Waals surface area contributed by atoms with Gasteiger partial charge < -0.3 is 10.5 Å². The third-order valence-electron chi connectivity index (χ3n) is 4.08. The van der Waals surface area contributed by atoms with Gasteiger partial charge in [0.15, 0.2) is 0 Å². The lowest BCUT2D eigenvalue weighted by Gasteiger charge is -2.46. The number of carbonyl (C=O) groups excluding carboxylic acids is 1. The molecule has 0 radical (unpaired) electrons. The van der Waals surface area contributed by atoms with Crippen LogP contribution in [0.5, 0.6) is 0 Å². The van der Waals surface area contributed by atoms with Crippen LogP contribution in [0.2, 0.25) is 0 Å². The van der Waals surface area contributed by atoms with Crippen molar-refractivity contribution in [1.82, 2.24) is 0 Å². The van der Waals surface area contributed by atoms with E-state index in [1.807, 2.05) is 38.1 Å². The minimum absolute atomic E-state index is 0.0347. The van der Waals surface area contributed by atoms with Gasteiger partial charge in [-0.2, -0.15) is 5.26 Å². The fourth-order valence-electron chi connectivity index (χ4n) is 3.19. The number of benzene rings is 1. The molecule has 0 atom stereocenters. The molecule has 1 aliphatic carbocycles. The van der Waals surface area contributed by atoms with Crippen LogP contribution in [0.1, 0.15) is 50.7 Å². The van der Waals surface area contributed by atoms with E-state index in [0.717, 1.165) is 19.3 Å². The average molecular weight is 272 g/mol. The zero-order valence-electron chi connectivity index (χ0n) is 12.0. The molecule has 1 fully saturated rings. The van der Waals surface area contributed by atoms with E-state index < -0.39 is 11.7 Å². The molecule has 0 spiro atoms. The smallest absolute Gasteiger partial charge is 0.405 e. The van der Waals surface area contributed by atoms with Crippen LogP contribution < -0.4 is 5.73 Å². The number of nitriles is 1. The van der Waals surface area contributed by atoms with Crippen molar-refractivity contribution < 1.29 is 9.53 Å². The number of primary amides is 1. The Morgan fingerprint density at radius 2 is 2.00 bits per heavy atom. The van der Waals surface area contributed by atoms with Crippen molar-refractivity contribution in [3.8, 4) is 6.07 Å². The number of hydrogen-bond donors (Lipinski definition) is 1. The third kappa shape index (κ3) is 2.93. The highest BCUT2D eigenvalue weighted by Gasteiger charge is 2.43. The molecule has 1 saturated carbocycles. The van der Waals surface area contributed by atoms with E-state index >= 15 is 0 Å². The molecule has 1 aliphatic rings. The molecule has 0 aliphatic heterocycles. The third-order valence-corrected chi connectivity index (χ3v) is 4.08. The fourth-order valence-corrected chi connectivity index (χ4v) is 3.19. The number of rotatable bonds is 4. The molecule has 1 aromatic carbocycles. The Morgan fingerprint density at radius 1 is 1.40 bits per heavy atom. The number of ether oxygens (including phenoxy) is 1. The second-order valence-electron chi connectivity index (χ2n) is 6.18.